The van der Waals surface area contributed by atoms with Gasteiger partial charge >= 0.3 is 0 Å². The predicted octanol–water partition coefficient (Wildman–Crippen LogP) is 4.18. The number of hydrogen-bond donors (Lipinski definition) is 1. The molecule has 6 heteroatoms. The van der Waals surface area contributed by atoms with Crippen molar-refractivity contribution in [3.63, 3.8) is 0 Å². The maximum absolute atomic E-state index is 14.0. The molecule has 0 aliphatic carbocycles. The fourth-order valence-corrected chi connectivity index (χ4v) is 1.75. The number of benzene rings is 2. The van der Waals surface area contributed by atoms with E-state index in [0.717, 1.165) is 24.3 Å². The SMILES string of the molecule is C=CCOc1ccc(-c2ccc(O)c(F)c2F)c(F)c1F. The minimum atomic E-state index is -1.53. The molecule has 2 aromatic rings. The smallest absolute Gasteiger partial charge is 0.201 e. The van der Waals surface area contributed by atoms with Gasteiger partial charge in [0, 0.05) is 11.1 Å². The molecule has 0 unspecified atom stereocenters. The van der Waals surface area contributed by atoms with Crippen LogP contribution in [0.3, 0.4) is 0 Å². The first kappa shape index (κ1) is 14.9. The highest BCUT2D eigenvalue weighted by Gasteiger charge is 2.21. The van der Waals surface area contributed by atoms with E-state index in [-0.39, 0.29) is 12.4 Å². The molecular weight excluding hydrogens is 288 g/mol. The van der Waals surface area contributed by atoms with Crippen LogP contribution in [0.25, 0.3) is 11.1 Å². The quantitative estimate of drug-likeness (QED) is 0.678. The Bertz CT molecular complexity index is 699. The minimum Gasteiger partial charge on any atom is -0.505 e. The molecule has 0 saturated heterocycles. The van der Waals surface area contributed by atoms with Gasteiger partial charge in [0.15, 0.2) is 23.1 Å². The summed E-state index contributed by atoms with van der Waals surface area (Å²) in [6, 6.07) is 3.97. The van der Waals surface area contributed by atoms with Crippen molar-refractivity contribution in [3.05, 3.63) is 60.2 Å². The monoisotopic (exact) mass is 298 g/mol. The van der Waals surface area contributed by atoms with Crippen LogP contribution in [0, 0.1) is 23.3 Å². The number of aromatic hydroxyl groups is 1. The molecule has 1 N–H and O–H groups in total. The van der Waals surface area contributed by atoms with E-state index < -0.39 is 40.1 Å². The number of phenols is 1. The van der Waals surface area contributed by atoms with Gasteiger partial charge in [-0.3, -0.25) is 0 Å². The van der Waals surface area contributed by atoms with E-state index in [1.807, 2.05) is 0 Å². The van der Waals surface area contributed by atoms with Crippen LogP contribution in [-0.2, 0) is 0 Å². The van der Waals surface area contributed by atoms with Gasteiger partial charge in [0.2, 0.25) is 11.6 Å². The molecule has 21 heavy (non-hydrogen) atoms. The van der Waals surface area contributed by atoms with Crippen molar-refractivity contribution in [1.29, 1.82) is 0 Å². The highest BCUT2D eigenvalue weighted by atomic mass is 19.2. The van der Waals surface area contributed by atoms with Crippen molar-refractivity contribution >= 4 is 0 Å². The lowest BCUT2D eigenvalue weighted by molar-refractivity contribution is 0.333. The Morgan fingerprint density at radius 3 is 2.10 bits per heavy atom. The molecule has 0 amide bonds. The molecule has 0 heterocycles. The van der Waals surface area contributed by atoms with Gasteiger partial charge in [0.05, 0.1) is 0 Å². The first-order valence-corrected chi connectivity index (χ1v) is 5.86. The summed E-state index contributed by atoms with van der Waals surface area (Å²) in [5.74, 6) is -6.96. The lowest BCUT2D eigenvalue weighted by Gasteiger charge is -2.10. The number of phenolic OH excluding ortho intramolecular Hbond substituents is 1. The van der Waals surface area contributed by atoms with Crippen molar-refractivity contribution in [3.8, 4) is 22.6 Å². The van der Waals surface area contributed by atoms with Crippen LogP contribution in [0.1, 0.15) is 0 Å². The Labute approximate surface area is 117 Å². The van der Waals surface area contributed by atoms with Crippen molar-refractivity contribution in [2.45, 2.75) is 0 Å². The van der Waals surface area contributed by atoms with E-state index in [0.29, 0.717) is 0 Å². The number of rotatable bonds is 4. The first-order chi connectivity index (χ1) is 9.97. The van der Waals surface area contributed by atoms with Crippen molar-refractivity contribution < 1.29 is 27.4 Å². The molecule has 2 rings (SSSR count). The molecule has 0 aromatic heterocycles. The summed E-state index contributed by atoms with van der Waals surface area (Å²) in [4.78, 5) is 0. The summed E-state index contributed by atoms with van der Waals surface area (Å²) in [5, 5.41) is 9.02. The van der Waals surface area contributed by atoms with Gasteiger partial charge in [-0.25, -0.2) is 8.78 Å². The maximum atomic E-state index is 14.0. The van der Waals surface area contributed by atoms with Gasteiger partial charge in [-0.15, -0.1) is 0 Å². The molecule has 0 radical (unpaired) electrons. The van der Waals surface area contributed by atoms with Crippen LogP contribution in [-0.4, -0.2) is 11.7 Å². The molecule has 110 valence electrons. The molecule has 0 bridgehead atoms. The average Bonchev–Trinajstić information content (AvgIpc) is 2.47. The third-order valence-electron chi connectivity index (χ3n) is 2.76. The third-order valence-corrected chi connectivity index (χ3v) is 2.76. The van der Waals surface area contributed by atoms with E-state index in [1.165, 1.54) is 6.08 Å². The molecule has 2 aromatic carbocycles. The summed E-state index contributed by atoms with van der Waals surface area (Å²) in [6.07, 6.45) is 1.35. The number of ether oxygens (including phenoxy) is 1. The zero-order valence-corrected chi connectivity index (χ0v) is 10.7. The highest BCUT2D eigenvalue weighted by molar-refractivity contribution is 5.67. The second-order valence-corrected chi connectivity index (χ2v) is 4.10. The lowest BCUT2D eigenvalue weighted by atomic mass is 10.0. The van der Waals surface area contributed by atoms with Gasteiger partial charge in [-0.1, -0.05) is 12.7 Å². The molecule has 0 saturated carbocycles. The van der Waals surface area contributed by atoms with Crippen LogP contribution in [0.15, 0.2) is 36.9 Å². The summed E-state index contributed by atoms with van der Waals surface area (Å²) < 4.78 is 59.6. The standard InChI is InChI=1S/C15H10F4O2/c1-2-7-21-11-6-4-9(13(17)15(11)19)8-3-5-10(20)14(18)12(8)16/h2-6,20H,1,7H2. The van der Waals surface area contributed by atoms with Crippen LogP contribution in [0.4, 0.5) is 17.6 Å². The van der Waals surface area contributed by atoms with E-state index in [4.69, 9.17) is 9.84 Å². The molecule has 0 atom stereocenters. The number of halogens is 4. The Balaban J connectivity index is 2.53. The number of hydrogen-bond acceptors (Lipinski definition) is 2. The van der Waals surface area contributed by atoms with Crippen LogP contribution >= 0.6 is 0 Å². The van der Waals surface area contributed by atoms with Crippen LogP contribution < -0.4 is 4.74 Å². The van der Waals surface area contributed by atoms with Crippen LogP contribution in [0.5, 0.6) is 11.5 Å². The zero-order chi connectivity index (χ0) is 15.6. The summed E-state index contributed by atoms with van der Waals surface area (Å²) in [6.45, 7) is 3.34. The van der Waals surface area contributed by atoms with Gasteiger partial charge in [0.25, 0.3) is 0 Å². The van der Waals surface area contributed by atoms with Gasteiger partial charge in [-0.2, -0.15) is 8.78 Å². The fourth-order valence-electron chi connectivity index (χ4n) is 1.75. The lowest BCUT2D eigenvalue weighted by Crippen LogP contribution is -2.00. The molecule has 0 aliphatic rings. The Morgan fingerprint density at radius 2 is 1.48 bits per heavy atom. The summed E-state index contributed by atoms with van der Waals surface area (Å²) in [7, 11) is 0. The summed E-state index contributed by atoms with van der Waals surface area (Å²) in [5.41, 5.74) is -0.980. The normalized spacial score (nSPS) is 10.5. The molecular formula is C15H10F4O2. The molecule has 0 spiro atoms. The van der Waals surface area contributed by atoms with E-state index >= 15 is 0 Å². The summed E-state index contributed by atoms with van der Waals surface area (Å²) >= 11 is 0. The highest BCUT2D eigenvalue weighted by Crippen LogP contribution is 2.34. The first-order valence-electron chi connectivity index (χ1n) is 5.86. The van der Waals surface area contributed by atoms with Crippen molar-refractivity contribution in [1.82, 2.24) is 0 Å². The maximum Gasteiger partial charge on any atom is 0.201 e. The Morgan fingerprint density at radius 1 is 0.905 bits per heavy atom. The zero-order valence-electron chi connectivity index (χ0n) is 10.7. The van der Waals surface area contributed by atoms with E-state index in [2.05, 4.69) is 6.58 Å². The third kappa shape index (κ3) is 2.69. The van der Waals surface area contributed by atoms with E-state index in [1.54, 1.807) is 0 Å². The van der Waals surface area contributed by atoms with Crippen LogP contribution in [0.2, 0.25) is 0 Å². The predicted molar refractivity (Wildman–Crippen MR) is 69.1 cm³/mol. The molecule has 2 nitrogen and oxygen atoms in total. The topological polar surface area (TPSA) is 29.5 Å². The van der Waals surface area contributed by atoms with Crippen molar-refractivity contribution in [2.75, 3.05) is 6.61 Å². The largest absolute Gasteiger partial charge is 0.505 e. The second kappa shape index (κ2) is 5.87. The Hall–Kier alpha value is -2.50. The fraction of sp³-hybridized carbons (Fsp3) is 0.0667. The molecule has 0 aliphatic heterocycles. The van der Waals surface area contributed by atoms with Crippen molar-refractivity contribution in [2.24, 2.45) is 0 Å². The second-order valence-electron chi connectivity index (χ2n) is 4.10. The minimum absolute atomic E-state index is 0.0299. The van der Waals surface area contributed by atoms with Gasteiger partial charge in [-0.05, 0) is 24.3 Å². The van der Waals surface area contributed by atoms with E-state index in [9.17, 15) is 17.6 Å². The Kier molecular flexibility index (Phi) is 4.16. The van der Waals surface area contributed by atoms with Gasteiger partial charge in [0.1, 0.15) is 6.61 Å². The average molecular weight is 298 g/mol. The van der Waals surface area contributed by atoms with Gasteiger partial charge < -0.3 is 9.84 Å². The molecule has 0 fully saturated rings.